The second-order valence-electron chi connectivity index (χ2n) is 7.20. The SMILES string of the molecule is [2H]c1nc2ncn(Cc3nn([C@H]4C[C@H](c5ccc(Cl)cc5)C4)c(=O)o3)c(=O)c2n1C. The van der Waals surface area contributed by atoms with Gasteiger partial charge < -0.3 is 8.98 Å². The number of imidazole rings is 1. The lowest BCUT2D eigenvalue weighted by Crippen LogP contribution is -2.31. The Labute approximate surface area is 170 Å². The fourth-order valence-electron chi connectivity index (χ4n) is 3.69. The van der Waals surface area contributed by atoms with Gasteiger partial charge in [-0.25, -0.2) is 14.8 Å². The molecule has 1 aliphatic rings. The van der Waals surface area contributed by atoms with Crippen LogP contribution in [0.4, 0.5) is 0 Å². The first-order chi connectivity index (χ1) is 14.4. The Morgan fingerprint density at radius 3 is 2.76 bits per heavy atom. The molecular weight excluding hydrogens is 396 g/mol. The van der Waals surface area contributed by atoms with Crippen molar-refractivity contribution in [3.8, 4) is 0 Å². The van der Waals surface area contributed by atoms with E-state index in [0.29, 0.717) is 10.9 Å². The first-order valence-corrected chi connectivity index (χ1v) is 9.51. The van der Waals surface area contributed by atoms with Crippen LogP contribution in [0.3, 0.4) is 0 Å². The van der Waals surface area contributed by atoms with Gasteiger partial charge in [0.2, 0.25) is 5.89 Å². The Morgan fingerprint density at radius 2 is 2.00 bits per heavy atom. The van der Waals surface area contributed by atoms with Crippen molar-refractivity contribution in [3.63, 3.8) is 0 Å². The van der Waals surface area contributed by atoms with Crippen LogP contribution in [0.25, 0.3) is 11.2 Å². The van der Waals surface area contributed by atoms with Crippen molar-refractivity contribution in [2.75, 3.05) is 0 Å². The molecule has 1 fully saturated rings. The Balaban J connectivity index is 1.35. The molecule has 10 heteroatoms. The third-order valence-electron chi connectivity index (χ3n) is 5.35. The van der Waals surface area contributed by atoms with E-state index in [2.05, 4.69) is 15.1 Å². The summed E-state index contributed by atoms with van der Waals surface area (Å²) in [5, 5.41) is 4.98. The summed E-state index contributed by atoms with van der Waals surface area (Å²) in [6, 6.07) is 7.67. The number of halogens is 1. The van der Waals surface area contributed by atoms with E-state index in [9.17, 15) is 9.59 Å². The second-order valence-corrected chi connectivity index (χ2v) is 7.64. The van der Waals surface area contributed by atoms with Gasteiger partial charge in [-0.3, -0.25) is 9.36 Å². The zero-order chi connectivity index (χ0) is 21.0. The van der Waals surface area contributed by atoms with Gasteiger partial charge in [-0.15, -0.1) is 5.10 Å². The molecule has 4 aromatic rings. The molecule has 29 heavy (non-hydrogen) atoms. The van der Waals surface area contributed by atoms with E-state index in [0.717, 1.165) is 12.8 Å². The number of fused-ring (bicyclic) bond motifs is 1. The Kier molecular flexibility index (Phi) is 3.86. The highest BCUT2D eigenvalue weighted by molar-refractivity contribution is 6.30. The highest BCUT2D eigenvalue weighted by Crippen LogP contribution is 2.43. The van der Waals surface area contributed by atoms with Gasteiger partial charge in [-0.2, -0.15) is 4.68 Å². The summed E-state index contributed by atoms with van der Waals surface area (Å²) in [7, 11) is 1.58. The fourth-order valence-corrected chi connectivity index (χ4v) is 3.82. The average molecular weight is 414 g/mol. The second kappa shape index (κ2) is 6.70. The number of nitrogens with zero attached hydrogens (tertiary/aromatic N) is 6. The van der Waals surface area contributed by atoms with Crippen LogP contribution in [0.15, 0.2) is 50.9 Å². The molecule has 1 aromatic carbocycles. The molecule has 0 N–H and O–H groups in total. The molecule has 1 saturated carbocycles. The molecule has 0 amide bonds. The lowest BCUT2D eigenvalue weighted by Gasteiger charge is -2.34. The van der Waals surface area contributed by atoms with Crippen LogP contribution in [0.2, 0.25) is 5.02 Å². The third-order valence-corrected chi connectivity index (χ3v) is 5.61. The number of benzene rings is 1. The molecule has 5 rings (SSSR count). The largest absolute Gasteiger partial charge is 0.437 e. The third kappa shape index (κ3) is 3.07. The number of hydrogen-bond acceptors (Lipinski definition) is 6. The molecule has 3 heterocycles. The molecular formula is C19H17ClN6O3. The maximum atomic E-state index is 12.7. The molecule has 0 bridgehead atoms. The topological polar surface area (TPSA) is 101 Å². The Hall–Kier alpha value is -3.20. The molecule has 0 saturated heterocycles. The van der Waals surface area contributed by atoms with Crippen molar-refractivity contribution in [1.82, 2.24) is 28.9 Å². The van der Waals surface area contributed by atoms with Crippen molar-refractivity contribution < 1.29 is 5.79 Å². The van der Waals surface area contributed by atoms with Crippen molar-refractivity contribution >= 4 is 22.8 Å². The summed E-state index contributed by atoms with van der Waals surface area (Å²) in [4.78, 5) is 33.0. The van der Waals surface area contributed by atoms with E-state index in [4.69, 9.17) is 17.4 Å². The summed E-state index contributed by atoms with van der Waals surface area (Å²) in [6.07, 6.45) is 2.82. The Bertz CT molecular complexity index is 1360. The van der Waals surface area contributed by atoms with E-state index in [1.165, 1.54) is 25.7 Å². The van der Waals surface area contributed by atoms with Crippen molar-refractivity contribution in [1.29, 1.82) is 0 Å². The number of rotatable bonds is 4. The zero-order valence-electron chi connectivity index (χ0n) is 16.4. The maximum Gasteiger partial charge on any atom is 0.437 e. The molecule has 0 aliphatic heterocycles. The predicted octanol–water partition coefficient (Wildman–Crippen LogP) is 2.10. The van der Waals surface area contributed by atoms with Crippen molar-refractivity contribution in [2.45, 2.75) is 31.3 Å². The molecule has 0 atom stereocenters. The first kappa shape index (κ1) is 16.7. The van der Waals surface area contributed by atoms with Crippen LogP contribution >= 0.6 is 11.6 Å². The molecule has 1 aliphatic carbocycles. The maximum absolute atomic E-state index is 12.7. The van der Waals surface area contributed by atoms with E-state index in [1.54, 1.807) is 7.05 Å². The highest BCUT2D eigenvalue weighted by Gasteiger charge is 2.34. The zero-order valence-corrected chi connectivity index (χ0v) is 16.2. The van der Waals surface area contributed by atoms with Crippen molar-refractivity contribution in [3.05, 3.63) is 74.3 Å². The van der Waals surface area contributed by atoms with Crippen LogP contribution in [0, 0.1) is 0 Å². The fraction of sp³-hybridized carbons (Fsp3) is 0.316. The van der Waals surface area contributed by atoms with Gasteiger partial charge in [0, 0.05) is 12.1 Å². The average Bonchev–Trinajstić information content (AvgIpc) is 3.18. The van der Waals surface area contributed by atoms with Crippen molar-refractivity contribution in [2.24, 2.45) is 7.05 Å². The van der Waals surface area contributed by atoms with Gasteiger partial charge in [0.25, 0.3) is 5.56 Å². The summed E-state index contributed by atoms with van der Waals surface area (Å²) in [6.45, 7) is -0.0319. The minimum atomic E-state index is -0.541. The summed E-state index contributed by atoms with van der Waals surface area (Å²) < 4.78 is 17.0. The number of hydrogen-bond donors (Lipinski definition) is 0. The quantitative estimate of drug-likeness (QED) is 0.508. The van der Waals surface area contributed by atoms with Crippen LogP contribution in [0.1, 0.15) is 37.6 Å². The molecule has 3 aromatic heterocycles. The van der Waals surface area contributed by atoms with Gasteiger partial charge in [0.05, 0.1) is 12.3 Å². The van der Waals surface area contributed by atoms with Gasteiger partial charge >= 0.3 is 5.76 Å². The van der Waals surface area contributed by atoms with Crippen LogP contribution < -0.4 is 11.3 Å². The van der Waals surface area contributed by atoms with Crippen LogP contribution in [0.5, 0.6) is 0 Å². The monoisotopic (exact) mass is 413 g/mol. The minimum absolute atomic E-state index is 0.0319. The Morgan fingerprint density at radius 1 is 1.24 bits per heavy atom. The molecule has 0 unspecified atom stereocenters. The molecule has 0 radical (unpaired) electrons. The molecule has 0 spiro atoms. The van der Waals surface area contributed by atoms with E-state index < -0.39 is 5.76 Å². The lowest BCUT2D eigenvalue weighted by atomic mass is 9.76. The number of aromatic nitrogens is 6. The van der Waals surface area contributed by atoms with E-state index in [1.807, 2.05) is 24.3 Å². The minimum Gasteiger partial charge on any atom is -0.390 e. The summed E-state index contributed by atoms with van der Waals surface area (Å²) in [5.74, 6) is -0.0652. The summed E-state index contributed by atoms with van der Waals surface area (Å²) >= 11 is 5.93. The van der Waals surface area contributed by atoms with Gasteiger partial charge in [0.1, 0.15) is 14.2 Å². The van der Waals surface area contributed by atoms with E-state index in [-0.39, 0.29) is 41.5 Å². The first-order valence-electron chi connectivity index (χ1n) is 9.63. The van der Waals surface area contributed by atoms with Crippen LogP contribution in [-0.2, 0) is 13.6 Å². The summed E-state index contributed by atoms with van der Waals surface area (Å²) in [5.41, 5.74) is 1.23. The van der Waals surface area contributed by atoms with E-state index >= 15 is 0 Å². The highest BCUT2D eigenvalue weighted by atomic mass is 35.5. The van der Waals surface area contributed by atoms with Gasteiger partial charge in [0.15, 0.2) is 11.2 Å². The number of aryl methyl sites for hydroxylation is 1. The smallest absolute Gasteiger partial charge is 0.390 e. The predicted molar refractivity (Wildman–Crippen MR) is 105 cm³/mol. The lowest BCUT2D eigenvalue weighted by molar-refractivity contribution is 0.233. The standard InChI is InChI=1S/C19H17ClN6O3/c1-24-9-21-17-16(24)18(27)25(10-22-17)8-15-23-26(19(28)29-15)14-6-12(7-14)11-2-4-13(20)5-3-11/h2-5,9-10,12,14H,6-8H2,1H3/t12-,14-/i9D. The normalized spacial score (nSPS) is 19.3. The van der Waals surface area contributed by atoms with Gasteiger partial charge in [-0.1, -0.05) is 23.7 Å². The molecule has 9 nitrogen and oxygen atoms in total. The van der Waals surface area contributed by atoms with Gasteiger partial charge in [-0.05, 0) is 36.5 Å². The molecule has 148 valence electrons. The van der Waals surface area contributed by atoms with Crippen LogP contribution in [-0.4, -0.2) is 28.9 Å².